The van der Waals surface area contributed by atoms with Gasteiger partial charge in [-0.3, -0.25) is 4.79 Å². The van der Waals surface area contributed by atoms with Gasteiger partial charge in [0.1, 0.15) is 18.9 Å². The molecule has 0 atom stereocenters. The van der Waals surface area contributed by atoms with E-state index in [1.54, 1.807) is 36.0 Å². The number of hydrogen-bond donors (Lipinski definition) is 2. The number of nitrogens with one attached hydrogen (secondary N) is 2. The zero-order valence-corrected chi connectivity index (χ0v) is 15.9. The van der Waals surface area contributed by atoms with E-state index in [0.29, 0.717) is 36.1 Å². The number of benzene rings is 1. The number of fused-ring (bicyclic) bond motifs is 1. The number of allylic oxidation sites excluding steroid dienone is 1. The Hall–Kier alpha value is -3.02. The quantitative estimate of drug-likeness (QED) is 0.728. The molecule has 1 aromatic carbocycles. The van der Waals surface area contributed by atoms with Crippen molar-refractivity contribution in [2.24, 2.45) is 0 Å². The lowest BCUT2D eigenvalue weighted by atomic mass is 9.97. The van der Waals surface area contributed by atoms with E-state index in [-0.39, 0.29) is 5.91 Å². The predicted octanol–water partition coefficient (Wildman–Crippen LogP) is 4.41. The third-order valence-corrected chi connectivity index (χ3v) is 4.96. The molecule has 1 aliphatic carbocycles. The van der Waals surface area contributed by atoms with Crippen molar-refractivity contribution in [1.82, 2.24) is 4.98 Å². The van der Waals surface area contributed by atoms with Gasteiger partial charge in [-0.1, -0.05) is 11.6 Å². The number of amides is 1. The van der Waals surface area contributed by atoms with Crippen LogP contribution in [0.4, 0.5) is 11.4 Å². The van der Waals surface area contributed by atoms with E-state index in [1.807, 2.05) is 6.07 Å². The van der Waals surface area contributed by atoms with E-state index in [4.69, 9.17) is 9.47 Å². The summed E-state index contributed by atoms with van der Waals surface area (Å²) in [5, 5.41) is 6.23. The van der Waals surface area contributed by atoms with Gasteiger partial charge in [-0.05, 0) is 56.4 Å². The van der Waals surface area contributed by atoms with Crippen molar-refractivity contribution in [2.45, 2.75) is 32.1 Å². The number of ether oxygens (including phenoxy) is 2. The smallest absolute Gasteiger partial charge is 0.274 e. The Bertz CT molecular complexity index is 862. The first-order valence-corrected chi connectivity index (χ1v) is 9.87. The largest absolute Gasteiger partial charge is 0.486 e. The molecule has 0 fully saturated rings. The first-order valence-electron chi connectivity index (χ1n) is 9.87. The van der Waals surface area contributed by atoms with Crippen LogP contribution >= 0.6 is 0 Å². The van der Waals surface area contributed by atoms with Crippen LogP contribution in [0.5, 0.6) is 11.5 Å². The molecule has 1 amide bonds. The van der Waals surface area contributed by atoms with E-state index in [9.17, 15) is 4.79 Å². The first-order chi connectivity index (χ1) is 13.8. The van der Waals surface area contributed by atoms with Gasteiger partial charge < -0.3 is 20.1 Å². The lowest BCUT2D eigenvalue weighted by molar-refractivity contribution is 0.102. The molecule has 1 aromatic heterocycles. The van der Waals surface area contributed by atoms with Gasteiger partial charge in [-0.15, -0.1) is 0 Å². The van der Waals surface area contributed by atoms with Crippen molar-refractivity contribution in [3.8, 4) is 11.5 Å². The average molecular weight is 379 g/mol. The van der Waals surface area contributed by atoms with Crippen molar-refractivity contribution in [3.05, 3.63) is 53.9 Å². The Morgan fingerprint density at radius 3 is 2.68 bits per heavy atom. The minimum atomic E-state index is -0.254. The molecule has 1 aliphatic heterocycles. The van der Waals surface area contributed by atoms with E-state index >= 15 is 0 Å². The molecule has 6 nitrogen and oxygen atoms in total. The minimum absolute atomic E-state index is 0.254. The van der Waals surface area contributed by atoms with Crippen LogP contribution in [0.1, 0.15) is 42.6 Å². The van der Waals surface area contributed by atoms with Crippen LogP contribution in [-0.4, -0.2) is 30.6 Å². The van der Waals surface area contributed by atoms with Crippen molar-refractivity contribution < 1.29 is 14.3 Å². The van der Waals surface area contributed by atoms with E-state index in [1.165, 1.54) is 25.7 Å². The highest BCUT2D eigenvalue weighted by Gasteiger charge is 2.14. The lowest BCUT2D eigenvalue weighted by Crippen LogP contribution is -2.17. The normalized spacial score (nSPS) is 15.5. The van der Waals surface area contributed by atoms with Gasteiger partial charge in [-0.25, -0.2) is 4.98 Å². The predicted molar refractivity (Wildman–Crippen MR) is 109 cm³/mol. The number of carbonyl (C=O) groups excluding carboxylic acids is 1. The molecular formula is C22H25N3O3. The molecule has 0 radical (unpaired) electrons. The molecule has 2 heterocycles. The maximum absolute atomic E-state index is 12.4. The minimum Gasteiger partial charge on any atom is -0.486 e. The molecule has 4 rings (SSSR count). The zero-order chi connectivity index (χ0) is 19.2. The Morgan fingerprint density at radius 2 is 1.89 bits per heavy atom. The van der Waals surface area contributed by atoms with Crippen LogP contribution in [0.25, 0.3) is 0 Å². The average Bonchev–Trinajstić information content (AvgIpc) is 2.75. The van der Waals surface area contributed by atoms with E-state index in [2.05, 4.69) is 21.7 Å². The van der Waals surface area contributed by atoms with Crippen molar-refractivity contribution in [3.63, 3.8) is 0 Å². The number of carbonyl (C=O) groups is 1. The molecule has 146 valence electrons. The van der Waals surface area contributed by atoms with Gasteiger partial charge in [0, 0.05) is 18.3 Å². The van der Waals surface area contributed by atoms with Gasteiger partial charge >= 0.3 is 0 Å². The van der Waals surface area contributed by atoms with Crippen LogP contribution < -0.4 is 20.1 Å². The second-order valence-electron chi connectivity index (χ2n) is 7.03. The molecule has 6 heteroatoms. The summed E-state index contributed by atoms with van der Waals surface area (Å²) >= 11 is 0. The summed E-state index contributed by atoms with van der Waals surface area (Å²) in [6.45, 7) is 1.94. The van der Waals surface area contributed by atoms with Crippen LogP contribution in [0.2, 0.25) is 0 Å². The highest BCUT2D eigenvalue weighted by molar-refractivity contribution is 6.03. The van der Waals surface area contributed by atoms with Crippen molar-refractivity contribution in [2.75, 3.05) is 30.4 Å². The van der Waals surface area contributed by atoms with E-state index < -0.39 is 0 Å². The molecule has 0 saturated heterocycles. The van der Waals surface area contributed by atoms with Gasteiger partial charge in [0.2, 0.25) is 0 Å². The molecule has 2 aromatic rings. The summed E-state index contributed by atoms with van der Waals surface area (Å²) in [4.78, 5) is 16.7. The van der Waals surface area contributed by atoms with Gasteiger partial charge in [0.25, 0.3) is 5.91 Å². The summed E-state index contributed by atoms with van der Waals surface area (Å²) in [5.41, 5.74) is 3.49. The van der Waals surface area contributed by atoms with Crippen LogP contribution in [0.3, 0.4) is 0 Å². The Kier molecular flexibility index (Phi) is 5.75. The Balaban J connectivity index is 1.30. The fraction of sp³-hybridized carbons (Fsp3) is 0.364. The molecule has 0 saturated carbocycles. The summed E-state index contributed by atoms with van der Waals surface area (Å²) in [6.07, 6.45) is 10.2. The second kappa shape index (κ2) is 8.78. The standard InChI is InChI=1S/C22H25N3O3/c26-22(25-17-7-9-20-21(14-17)28-13-12-27-20)19-8-6-18(15-24-19)23-11-10-16-4-2-1-3-5-16/h4,6-9,14-15,23H,1-3,5,10-13H2,(H,25,26). The monoisotopic (exact) mass is 379 g/mol. The number of aromatic nitrogens is 1. The van der Waals surface area contributed by atoms with Gasteiger partial charge in [0.05, 0.1) is 11.9 Å². The molecule has 2 N–H and O–H groups in total. The zero-order valence-electron chi connectivity index (χ0n) is 15.9. The van der Waals surface area contributed by atoms with Gasteiger partial charge in [-0.2, -0.15) is 0 Å². The lowest BCUT2D eigenvalue weighted by Gasteiger charge is -2.19. The highest BCUT2D eigenvalue weighted by atomic mass is 16.6. The van der Waals surface area contributed by atoms with Crippen molar-refractivity contribution in [1.29, 1.82) is 0 Å². The fourth-order valence-electron chi connectivity index (χ4n) is 3.45. The first kappa shape index (κ1) is 18.3. The highest BCUT2D eigenvalue weighted by Crippen LogP contribution is 2.32. The fourth-order valence-corrected chi connectivity index (χ4v) is 3.45. The second-order valence-corrected chi connectivity index (χ2v) is 7.03. The van der Waals surface area contributed by atoms with Gasteiger partial charge in [0.15, 0.2) is 11.5 Å². The molecular weight excluding hydrogens is 354 g/mol. The van der Waals surface area contributed by atoms with Crippen molar-refractivity contribution >= 4 is 17.3 Å². The maximum atomic E-state index is 12.4. The Labute approximate surface area is 165 Å². The summed E-state index contributed by atoms with van der Waals surface area (Å²) in [5.74, 6) is 1.09. The number of pyridine rings is 1. The van der Waals surface area contributed by atoms with Crippen LogP contribution in [0.15, 0.2) is 48.2 Å². The molecule has 0 spiro atoms. The molecule has 0 bridgehead atoms. The summed E-state index contributed by atoms with van der Waals surface area (Å²) < 4.78 is 11.0. The third-order valence-electron chi connectivity index (χ3n) is 4.96. The molecule has 28 heavy (non-hydrogen) atoms. The number of nitrogens with zero attached hydrogens (tertiary/aromatic N) is 1. The van der Waals surface area contributed by atoms with E-state index in [0.717, 1.165) is 18.7 Å². The summed E-state index contributed by atoms with van der Waals surface area (Å²) in [7, 11) is 0. The molecule has 2 aliphatic rings. The number of anilines is 2. The third kappa shape index (κ3) is 4.63. The Morgan fingerprint density at radius 1 is 1.04 bits per heavy atom. The van der Waals surface area contributed by atoms with Crippen LogP contribution in [0, 0.1) is 0 Å². The number of rotatable bonds is 6. The SMILES string of the molecule is O=C(Nc1ccc2c(c1)OCCO2)c1ccc(NCCC2=CCCCC2)cn1. The summed E-state index contributed by atoms with van der Waals surface area (Å²) in [6, 6.07) is 8.98. The van der Waals surface area contributed by atoms with Crippen LogP contribution in [-0.2, 0) is 0 Å². The number of hydrogen-bond acceptors (Lipinski definition) is 5. The topological polar surface area (TPSA) is 72.5 Å². The molecule has 0 unspecified atom stereocenters. The maximum Gasteiger partial charge on any atom is 0.274 e.